The fraction of sp³-hybridized carbons (Fsp3) is 0.800. The zero-order valence-electron chi connectivity index (χ0n) is 13.3. The van der Waals surface area contributed by atoms with Gasteiger partial charge in [0.05, 0.1) is 24.9 Å². The molecule has 1 aromatic rings. The lowest BCUT2D eigenvalue weighted by molar-refractivity contribution is -0.0763. The Balaban J connectivity index is 1.65. The number of aliphatic hydroxyl groups is 1. The summed E-state index contributed by atoms with van der Waals surface area (Å²) in [7, 11) is 0. The van der Waals surface area contributed by atoms with E-state index in [1.807, 2.05) is 16.9 Å². The van der Waals surface area contributed by atoms with Crippen LogP contribution in [-0.2, 0) is 11.3 Å². The maximum Gasteiger partial charge on any atom is 0.0791 e. The van der Waals surface area contributed by atoms with Crippen LogP contribution in [0.3, 0.4) is 0 Å². The SMILES string of the molecule is C[C@H](Cn1cccn1)NC[C@H](O)CN1C[C@H](C)O[C@@H](C)C1. The summed E-state index contributed by atoms with van der Waals surface area (Å²) in [6.07, 6.45) is 3.86. The molecule has 1 fully saturated rings. The van der Waals surface area contributed by atoms with E-state index < -0.39 is 0 Å². The van der Waals surface area contributed by atoms with Crippen LogP contribution in [-0.4, -0.2) is 70.3 Å². The minimum atomic E-state index is -0.359. The first kappa shape index (κ1) is 16.4. The molecule has 0 unspecified atom stereocenters. The number of ether oxygens (including phenoxy) is 1. The van der Waals surface area contributed by atoms with Crippen LogP contribution < -0.4 is 5.32 Å². The molecule has 0 aromatic carbocycles. The molecule has 2 heterocycles. The second-order valence-corrected chi connectivity index (χ2v) is 6.17. The van der Waals surface area contributed by atoms with Gasteiger partial charge in [-0.3, -0.25) is 9.58 Å². The van der Waals surface area contributed by atoms with E-state index in [9.17, 15) is 5.11 Å². The largest absolute Gasteiger partial charge is 0.390 e. The van der Waals surface area contributed by atoms with Crippen molar-refractivity contribution in [2.24, 2.45) is 0 Å². The Labute approximate surface area is 127 Å². The summed E-state index contributed by atoms with van der Waals surface area (Å²) in [4.78, 5) is 2.28. The molecule has 6 heteroatoms. The first-order chi connectivity index (χ1) is 10.0. The first-order valence-electron chi connectivity index (χ1n) is 7.79. The second-order valence-electron chi connectivity index (χ2n) is 6.17. The van der Waals surface area contributed by atoms with Crippen LogP contribution in [0.4, 0.5) is 0 Å². The molecule has 0 amide bonds. The number of β-amino-alcohol motifs (C(OH)–C–C–N with tert-alkyl or cyclic N) is 1. The topological polar surface area (TPSA) is 62.5 Å². The predicted molar refractivity (Wildman–Crippen MR) is 82.1 cm³/mol. The van der Waals surface area contributed by atoms with E-state index in [2.05, 4.69) is 36.1 Å². The third-order valence-corrected chi connectivity index (χ3v) is 3.69. The third-order valence-electron chi connectivity index (χ3n) is 3.69. The van der Waals surface area contributed by atoms with E-state index in [1.54, 1.807) is 6.20 Å². The van der Waals surface area contributed by atoms with Gasteiger partial charge in [0.15, 0.2) is 0 Å². The number of rotatable bonds is 7. The maximum atomic E-state index is 10.2. The zero-order valence-corrected chi connectivity index (χ0v) is 13.3. The Kier molecular flexibility index (Phi) is 6.17. The molecule has 1 saturated heterocycles. The average Bonchev–Trinajstić information content (AvgIpc) is 2.88. The summed E-state index contributed by atoms with van der Waals surface area (Å²) in [5.74, 6) is 0. The summed E-state index contributed by atoms with van der Waals surface area (Å²) < 4.78 is 7.60. The molecule has 1 aromatic heterocycles. The quantitative estimate of drug-likeness (QED) is 0.759. The van der Waals surface area contributed by atoms with Gasteiger partial charge in [0.2, 0.25) is 0 Å². The highest BCUT2D eigenvalue weighted by molar-refractivity contribution is 4.80. The van der Waals surface area contributed by atoms with Crippen LogP contribution in [0.2, 0.25) is 0 Å². The Morgan fingerprint density at radius 1 is 1.33 bits per heavy atom. The summed E-state index contributed by atoms with van der Waals surface area (Å²) in [6, 6.07) is 2.20. The molecule has 1 aliphatic heterocycles. The van der Waals surface area contributed by atoms with Crippen molar-refractivity contribution in [1.82, 2.24) is 20.0 Å². The smallest absolute Gasteiger partial charge is 0.0791 e. The van der Waals surface area contributed by atoms with E-state index in [-0.39, 0.29) is 24.4 Å². The second kappa shape index (κ2) is 7.89. The van der Waals surface area contributed by atoms with Crippen molar-refractivity contribution < 1.29 is 9.84 Å². The molecule has 0 spiro atoms. The Morgan fingerprint density at radius 2 is 2.05 bits per heavy atom. The molecule has 0 aliphatic carbocycles. The molecular weight excluding hydrogens is 268 g/mol. The number of nitrogens with zero attached hydrogens (tertiary/aromatic N) is 3. The van der Waals surface area contributed by atoms with Crippen LogP contribution in [0.5, 0.6) is 0 Å². The van der Waals surface area contributed by atoms with Crippen molar-refractivity contribution in [3.63, 3.8) is 0 Å². The van der Waals surface area contributed by atoms with Crippen molar-refractivity contribution in [2.45, 2.75) is 51.7 Å². The fourth-order valence-electron chi connectivity index (χ4n) is 2.89. The van der Waals surface area contributed by atoms with Gasteiger partial charge in [-0.25, -0.2) is 0 Å². The number of hydrogen-bond donors (Lipinski definition) is 2. The number of morpholine rings is 1. The van der Waals surface area contributed by atoms with Crippen LogP contribution in [0.1, 0.15) is 20.8 Å². The number of hydrogen-bond acceptors (Lipinski definition) is 5. The Morgan fingerprint density at radius 3 is 2.67 bits per heavy atom. The van der Waals surface area contributed by atoms with Gasteiger partial charge in [0.1, 0.15) is 0 Å². The fourth-order valence-corrected chi connectivity index (χ4v) is 2.89. The number of aliphatic hydroxyl groups excluding tert-OH is 1. The zero-order chi connectivity index (χ0) is 15.2. The van der Waals surface area contributed by atoms with Crippen molar-refractivity contribution >= 4 is 0 Å². The standard InChI is InChI=1S/C15H28N4O2/c1-12(8-19-6-4-5-17-19)16-7-15(20)11-18-9-13(2)21-14(3)10-18/h4-6,12-16,20H,7-11H2,1-3H3/t12-,13+,14+,15+/m1/s1. The van der Waals surface area contributed by atoms with E-state index in [0.717, 1.165) is 19.6 Å². The average molecular weight is 296 g/mol. The minimum Gasteiger partial charge on any atom is -0.390 e. The van der Waals surface area contributed by atoms with Gasteiger partial charge in [0.25, 0.3) is 0 Å². The van der Waals surface area contributed by atoms with E-state index in [1.165, 1.54) is 0 Å². The predicted octanol–water partition coefficient (Wildman–Crippen LogP) is 0.331. The summed E-state index contributed by atoms with van der Waals surface area (Å²) >= 11 is 0. The molecule has 4 atom stereocenters. The van der Waals surface area contributed by atoms with Gasteiger partial charge in [-0.15, -0.1) is 0 Å². The van der Waals surface area contributed by atoms with Gasteiger partial charge in [-0.1, -0.05) is 0 Å². The monoisotopic (exact) mass is 296 g/mol. The van der Waals surface area contributed by atoms with Gasteiger partial charge in [-0.05, 0) is 26.8 Å². The van der Waals surface area contributed by atoms with Crippen LogP contribution in [0.15, 0.2) is 18.5 Å². The van der Waals surface area contributed by atoms with Gasteiger partial charge in [0, 0.05) is 44.6 Å². The molecule has 0 bridgehead atoms. The highest BCUT2D eigenvalue weighted by Crippen LogP contribution is 2.10. The van der Waals surface area contributed by atoms with Crippen LogP contribution in [0.25, 0.3) is 0 Å². The van der Waals surface area contributed by atoms with Crippen LogP contribution in [0, 0.1) is 0 Å². The molecule has 120 valence electrons. The highest BCUT2D eigenvalue weighted by Gasteiger charge is 2.23. The first-order valence-corrected chi connectivity index (χ1v) is 7.79. The molecule has 1 aliphatic rings. The lowest BCUT2D eigenvalue weighted by Crippen LogP contribution is -2.50. The van der Waals surface area contributed by atoms with Gasteiger partial charge < -0.3 is 15.2 Å². The summed E-state index contributed by atoms with van der Waals surface area (Å²) in [6.45, 7) is 10.2. The Bertz CT molecular complexity index is 388. The van der Waals surface area contributed by atoms with E-state index in [4.69, 9.17) is 4.74 Å². The lowest BCUT2D eigenvalue weighted by atomic mass is 10.2. The Hall–Kier alpha value is -0.950. The van der Waals surface area contributed by atoms with Crippen molar-refractivity contribution in [2.75, 3.05) is 26.2 Å². The number of nitrogens with one attached hydrogen (secondary N) is 1. The molecule has 2 rings (SSSR count). The van der Waals surface area contributed by atoms with E-state index >= 15 is 0 Å². The summed E-state index contributed by atoms with van der Waals surface area (Å²) in [5.41, 5.74) is 0. The molecule has 6 nitrogen and oxygen atoms in total. The van der Waals surface area contributed by atoms with Crippen molar-refractivity contribution in [3.05, 3.63) is 18.5 Å². The molecular formula is C15H28N4O2. The maximum absolute atomic E-state index is 10.2. The molecule has 2 N–H and O–H groups in total. The van der Waals surface area contributed by atoms with Crippen molar-refractivity contribution in [3.8, 4) is 0 Å². The van der Waals surface area contributed by atoms with E-state index in [0.29, 0.717) is 13.1 Å². The summed E-state index contributed by atoms with van der Waals surface area (Å²) in [5, 5.41) is 17.7. The van der Waals surface area contributed by atoms with Crippen molar-refractivity contribution in [1.29, 1.82) is 0 Å². The normalized spacial score (nSPS) is 26.7. The molecule has 0 saturated carbocycles. The molecule has 0 radical (unpaired) electrons. The highest BCUT2D eigenvalue weighted by atomic mass is 16.5. The van der Waals surface area contributed by atoms with Gasteiger partial charge >= 0.3 is 0 Å². The number of aromatic nitrogens is 2. The lowest BCUT2D eigenvalue weighted by Gasteiger charge is -2.36. The minimum absolute atomic E-state index is 0.243. The molecule has 21 heavy (non-hydrogen) atoms. The van der Waals surface area contributed by atoms with Gasteiger partial charge in [-0.2, -0.15) is 5.10 Å². The third kappa shape index (κ3) is 5.74. The van der Waals surface area contributed by atoms with Crippen LogP contribution >= 0.6 is 0 Å².